The van der Waals surface area contributed by atoms with Crippen LogP contribution in [0.3, 0.4) is 0 Å². The van der Waals surface area contributed by atoms with E-state index in [4.69, 9.17) is 9.47 Å². The van der Waals surface area contributed by atoms with Crippen molar-refractivity contribution >= 4 is 5.97 Å². The predicted octanol–water partition coefficient (Wildman–Crippen LogP) is 1.75. The molecule has 0 aromatic heterocycles. The lowest BCUT2D eigenvalue weighted by Gasteiger charge is -2.31. The zero-order valence-corrected chi connectivity index (χ0v) is 8.58. The van der Waals surface area contributed by atoms with E-state index in [0.29, 0.717) is 18.6 Å². The number of hydrogen-bond donors (Lipinski definition) is 0. The highest BCUT2D eigenvalue weighted by molar-refractivity contribution is 5.65. The Labute approximate surface area is 79.4 Å². The van der Waals surface area contributed by atoms with Crippen LogP contribution in [-0.4, -0.2) is 24.8 Å². The van der Waals surface area contributed by atoms with E-state index in [-0.39, 0.29) is 12.1 Å². The Hall–Kier alpha value is -0.570. The molecule has 0 aromatic carbocycles. The van der Waals surface area contributed by atoms with Crippen LogP contribution in [0.4, 0.5) is 0 Å². The van der Waals surface area contributed by atoms with E-state index in [2.05, 4.69) is 13.8 Å². The third kappa shape index (κ3) is 3.77. The summed E-state index contributed by atoms with van der Waals surface area (Å²) in [5.41, 5.74) is 0. The summed E-state index contributed by atoms with van der Waals surface area (Å²) in [5, 5.41) is 0. The predicted molar refractivity (Wildman–Crippen MR) is 49.4 cm³/mol. The summed E-state index contributed by atoms with van der Waals surface area (Å²) < 4.78 is 10.5. The molecule has 1 rings (SSSR count). The van der Waals surface area contributed by atoms with Gasteiger partial charge >= 0.3 is 5.97 Å². The maximum absolute atomic E-state index is 10.6. The molecule has 0 bridgehead atoms. The zero-order chi connectivity index (χ0) is 9.84. The fraction of sp³-hybridized carbons (Fsp3) is 0.900. The molecule has 76 valence electrons. The molecule has 1 aliphatic rings. The maximum atomic E-state index is 10.6. The van der Waals surface area contributed by atoms with Crippen LogP contribution < -0.4 is 0 Å². The first kappa shape index (κ1) is 10.5. The number of carbonyl (C=O) groups excluding carboxylic acids is 1. The van der Waals surface area contributed by atoms with Gasteiger partial charge in [-0.3, -0.25) is 4.79 Å². The van der Waals surface area contributed by atoms with Gasteiger partial charge in [0.05, 0.1) is 12.2 Å². The van der Waals surface area contributed by atoms with Gasteiger partial charge in [0.15, 0.2) is 0 Å². The molecule has 1 saturated heterocycles. The molecule has 1 heterocycles. The summed E-state index contributed by atoms with van der Waals surface area (Å²) in [5.74, 6) is 0.443. The van der Waals surface area contributed by atoms with Crippen LogP contribution in [0.5, 0.6) is 0 Å². The zero-order valence-electron chi connectivity index (χ0n) is 8.58. The summed E-state index contributed by atoms with van der Waals surface area (Å²) in [6.07, 6.45) is 2.50. The second-order valence-electron chi connectivity index (χ2n) is 3.95. The Morgan fingerprint density at radius 3 is 2.69 bits per heavy atom. The smallest absolute Gasteiger partial charge is 0.302 e. The van der Waals surface area contributed by atoms with Crippen LogP contribution in [0, 0.1) is 5.92 Å². The topological polar surface area (TPSA) is 35.5 Å². The number of rotatable bonds is 2. The SMILES string of the molecule is CC(=O)OC[C@H]1CC(C)C[C@@H](C)O1. The minimum atomic E-state index is -0.227. The molecule has 0 aromatic rings. The van der Waals surface area contributed by atoms with E-state index in [1.54, 1.807) is 0 Å². The van der Waals surface area contributed by atoms with Crippen molar-refractivity contribution in [1.82, 2.24) is 0 Å². The molecule has 0 amide bonds. The lowest BCUT2D eigenvalue weighted by Crippen LogP contribution is -2.33. The minimum absolute atomic E-state index is 0.0997. The highest BCUT2D eigenvalue weighted by Gasteiger charge is 2.24. The van der Waals surface area contributed by atoms with Crippen LogP contribution in [0.15, 0.2) is 0 Å². The standard InChI is InChI=1S/C10H18O3/c1-7-4-8(2)13-10(5-7)6-12-9(3)11/h7-8,10H,4-6H2,1-3H3/t7?,8-,10-/m1/s1. The molecule has 0 N–H and O–H groups in total. The average molecular weight is 186 g/mol. The van der Waals surface area contributed by atoms with Crippen molar-refractivity contribution in [3.8, 4) is 0 Å². The Balaban J connectivity index is 2.28. The monoisotopic (exact) mass is 186 g/mol. The van der Waals surface area contributed by atoms with Gasteiger partial charge in [0, 0.05) is 6.92 Å². The van der Waals surface area contributed by atoms with Crippen molar-refractivity contribution in [2.45, 2.75) is 45.8 Å². The van der Waals surface area contributed by atoms with Crippen molar-refractivity contribution in [3.63, 3.8) is 0 Å². The Morgan fingerprint density at radius 2 is 2.15 bits per heavy atom. The van der Waals surface area contributed by atoms with Gasteiger partial charge in [0.25, 0.3) is 0 Å². The summed E-state index contributed by atoms with van der Waals surface area (Å²) >= 11 is 0. The van der Waals surface area contributed by atoms with Crippen molar-refractivity contribution in [2.75, 3.05) is 6.61 Å². The molecule has 1 fully saturated rings. The number of carbonyl (C=O) groups is 1. The van der Waals surface area contributed by atoms with E-state index >= 15 is 0 Å². The molecule has 13 heavy (non-hydrogen) atoms. The van der Waals surface area contributed by atoms with Crippen molar-refractivity contribution in [2.24, 2.45) is 5.92 Å². The minimum Gasteiger partial charge on any atom is -0.463 e. The summed E-state index contributed by atoms with van der Waals surface area (Å²) in [6, 6.07) is 0. The Morgan fingerprint density at radius 1 is 1.46 bits per heavy atom. The summed E-state index contributed by atoms with van der Waals surface area (Å²) in [4.78, 5) is 10.6. The van der Waals surface area contributed by atoms with Crippen LogP contribution in [0.25, 0.3) is 0 Å². The molecular formula is C10H18O3. The second-order valence-corrected chi connectivity index (χ2v) is 3.95. The van der Waals surface area contributed by atoms with Crippen molar-refractivity contribution in [1.29, 1.82) is 0 Å². The molecule has 0 radical (unpaired) electrons. The second kappa shape index (κ2) is 4.61. The molecule has 0 saturated carbocycles. The van der Waals surface area contributed by atoms with Gasteiger partial charge in [0.1, 0.15) is 6.61 Å². The molecular weight excluding hydrogens is 168 g/mol. The fourth-order valence-electron chi connectivity index (χ4n) is 1.87. The third-order valence-electron chi connectivity index (χ3n) is 2.30. The summed E-state index contributed by atoms with van der Waals surface area (Å²) in [6.45, 7) is 6.11. The quantitative estimate of drug-likeness (QED) is 0.616. The molecule has 3 atom stereocenters. The van der Waals surface area contributed by atoms with Crippen LogP contribution in [0.1, 0.15) is 33.6 Å². The summed E-state index contributed by atoms with van der Waals surface area (Å²) in [7, 11) is 0. The third-order valence-corrected chi connectivity index (χ3v) is 2.30. The van der Waals surface area contributed by atoms with E-state index < -0.39 is 0 Å². The van der Waals surface area contributed by atoms with Gasteiger partial charge in [-0.05, 0) is 25.7 Å². The fourth-order valence-corrected chi connectivity index (χ4v) is 1.87. The van der Waals surface area contributed by atoms with Gasteiger partial charge in [-0.1, -0.05) is 6.92 Å². The van der Waals surface area contributed by atoms with Gasteiger partial charge in [-0.25, -0.2) is 0 Å². The van der Waals surface area contributed by atoms with Crippen LogP contribution in [0.2, 0.25) is 0 Å². The molecule has 3 nitrogen and oxygen atoms in total. The van der Waals surface area contributed by atoms with E-state index in [1.807, 2.05) is 0 Å². The molecule has 1 unspecified atom stereocenters. The number of ether oxygens (including phenoxy) is 2. The van der Waals surface area contributed by atoms with Crippen molar-refractivity contribution in [3.05, 3.63) is 0 Å². The van der Waals surface area contributed by atoms with E-state index in [1.165, 1.54) is 6.92 Å². The molecule has 1 aliphatic heterocycles. The number of hydrogen-bond acceptors (Lipinski definition) is 3. The Kier molecular flexibility index (Phi) is 3.72. The van der Waals surface area contributed by atoms with Gasteiger partial charge < -0.3 is 9.47 Å². The van der Waals surface area contributed by atoms with Crippen LogP contribution in [-0.2, 0) is 14.3 Å². The van der Waals surface area contributed by atoms with Crippen molar-refractivity contribution < 1.29 is 14.3 Å². The van der Waals surface area contributed by atoms with Gasteiger partial charge in [-0.15, -0.1) is 0 Å². The largest absolute Gasteiger partial charge is 0.463 e. The highest BCUT2D eigenvalue weighted by atomic mass is 16.6. The van der Waals surface area contributed by atoms with Crippen LogP contribution >= 0.6 is 0 Å². The average Bonchev–Trinajstić information content (AvgIpc) is 1.99. The first-order chi connectivity index (χ1) is 6.08. The molecule has 0 spiro atoms. The van der Waals surface area contributed by atoms with E-state index in [9.17, 15) is 4.79 Å². The molecule has 3 heteroatoms. The molecule has 0 aliphatic carbocycles. The first-order valence-electron chi connectivity index (χ1n) is 4.86. The Bertz CT molecular complexity index is 169. The van der Waals surface area contributed by atoms with Gasteiger partial charge in [-0.2, -0.15) is 0 Å². The maximum Gasteiger partial charge on any atom is 0.302 e. The number of esters is 1. The lowest BCUT2D eigenvalue weighted by atomic mass is 9.94. The first-order valence-corrected chi connectivity index (χ1v) is 4.86. The van der Waals surface area contributed by atoms with Gasteiger partial charge in [0.2, 0.25) is 0 Å². The van der Waals surface area contributed by atoms with E-state index in [0.717, 1.165) is 12.8 Å². The lowest BCUT2D eigenvalue weighted by molar-refractivity contribution is -0.150. The normalized spacial score (nSPS) is 34.2. The highest BCUT2D eigenvalue weighted by Crippen LogP contribution is 2.24.